The van der Waals surface area contributed by atoms with Gasteiger partial charge in [0.05, 0.1) is 20.4 Å². The van der Waals surface area contributed by atoms with Gasteiger partial charge in [0.2, 0.25) is 11.8 Å². The summed E-state index contributed by atoms with van der Waals surface area (Å²) in [4.78, 5) is 47.7. The molecule has 6 aromatic rings. The van der Waals surface area contributed by atoms with Crippen LogP contribution >= 0.6 is 45.3 Å². The standard InChI is InChI=1S/C22H25N3O3S2.C17H17N3OS2.CH4/c1-12(26)23-19-18(20-25-15-7-5-6-8-16(15)29-20)14-10-9-13(11-17(14)30-19)24-21(27)28-22(2,3)4;1-9(21)19-16-15(11-7-6-10(18)8-14(11)23-16)17-20-12-4-2-3-5-13(12)22-17;/h5-8,13H,9-11H2,1-4H3,(H,23,26)(H,24,27);2-5,10H,6-8,18H2,1H3,(H,19,21);1H4. The second-order valence-electron chi connectivity index (χ2n) is 14.3. The molecule has 284 valence electrons. The number of nitrogens with zero attached hydrogens (tertiary/aromatic N) is 2. The number of fused-ring (bicyclic) bond motifs is 4. The van der Waals surface area contributed by atoms with Crippen LogP contribution in [0.3, 0.4) is 0 Å². The Balaban J connectivity index is 0.000000187. The first-order valence-corrected chi connectivity index (χ1v) is 20.9. The molecular weight excluding hydrogens is 757 g/mol. The van der Waals surface area contributed by atoms with E-state index in [-0.39, 0.29) is 37.4 Å². The smallest absolute Gasteiger partial charge is 0.407 e. The summed E-state index contributed by atoms with van der Waals surface area (Å²) < 4.78 is 7.70. The van der Waals surface area contributed by atoms with Crippen LogP contribution in [0.15, 0.2) is 48.5 Å². The van der Waals surface area contributed by atoms with Gasteiger partial charge in [0.1, 0.15) is 25.6 Å². The van der Waals surface area contributed by atoms with Gasteiger partial charge in [-0.3, -0.25) is 9.59 Å². The Hall–Kier alpha value is -4.21. The molecular formula is C40H46N6O4S4. The van der Waals surface area contributed by atoms with Gasteiger partial charge in [-0.05, 0) is 88.3 Å². The zero-order valence-corrected chi connectivity index (χ0v) is 33.5. The summed E-state index contributed by atoms with van der Waals surface area (Å²) in [5, 5.41) is 12.6. The van der Waals surface area contributed by atoms with Crippen LogP contribution in [0.2, 0.25) is 0 Å². The van der Waals surface area contributed by atoms with Gasteiger partial charge in [0.15, 0.2) is 0 Å². The molecule has 2 aromatic carbocycles. The fourth-order valence-corrected chi connectivity index (χ4v) is 11.7. The molecule has 2 aliphatic rings. The van der Waals surface area contributed by atoms with Crippen molar-refractivity contribution >= 4 is 93.7 Å². The maximum absolute atomic E-state index is 12.2. The highest BCUT2D eigenvalue weighted by molar-refractivity contribution is 7.23. The van der Waals surface area contributed by atoms with Crippen LogP contribution < -0.4 is 21.7 Å². The minimum Gasteiger partial charge on any atom is -0.444 e. The van der Waals surface area contributed by atoms with Crippen molar-refractivity contribution in [1.29, 1.82) is 0 Å². The van der Waals surface area contributed by atoms with Crippen LogP contribution in [-0.4, -0.2) is 45.6 Å². The lowest BCUT2D eigenvalue weighted by atomic mass is 9.92. The van der Waals surface area contributed by atoms with Crippen LogP contribution in [0.5, 0.6) is 0 Å². The number of hydrogen-bond acceptors (Lipinski definition) is 11. The van der Waals surface area contributed by atoms with E-state index in [1.54, 1.807) is 52.3 Å². The van der Waals surface area contributed by atoms with E-state index in [4.69, 9.17) is 20.4 Å². The Kier molecular flexibility index (Phi) is 11.9. The summed E-state index contributed by atoms with van der Waals surface area (Å²) in [5.74, 6) is -0.144. The number of hydrogen-bond donors (Lipinski definition) is 4. The highest BCUT2D eigenvalue weighted by atomic mass is 32.1. The highest BCUT2D eigenvalue weighted by Gasteiger charge is 2.30. The molecule has 0 spiro atoms. The van der Waals surface area contributed by atoms with Crippen molar-refractivity contribution in [2.45, 2.75) is 98.3 Å². The number of aromatic nitrogens is 2. The molecule has 3 amide bonds. The van der Waals surface area contributed by atoms with E-state index in [0.29, 0.717) is 0 Å². The molecule has 14 heteroatoms. The first kappa shape index (κ1) is 39.5. The molecule has 0 bridgehead atoms. The van der Waals surface area contributed by atoms with Gasteiger partial charge < -0.3 is 26.4 Å². The highest BCUT2D eigenvalue weighted by Crippen LogP contribution is 2.47. The second kappa shape index (κ2) is 16.3. The Morgan fingerprint density at radius 1 is 0.741 bits per heavy atom. The Bertz CT molecular complexity index is 2260. The van der Waals surface area contributed by atoms with E-state index in [9.17, 15) is 14.4 Å². The van der Waals surface area contributed by atoms with Crippen molar-refractivity contribution in [3.05, 3.63) is 69.4 Å². The van der Waals surface area contributed by atoms with Crippen LogP contribution in [0.4, 0.5) is 14.8 Å². The van der Waals surface area contributed by atoms with Crippen LogP contribution in [0.1, 0.15) is 75.8 Å². The summed E-state index contributed by atoms with van der Waals surface area (Å²) in [6, 6.07) is 16.4. The van der Waals surface area contributed by atoms with Gasteiger partial charge in [-0.1, -0.05) is 31.7 Å². The molecule has 4 aromatic heterocycles. The largest absolute Gasteiger partial charge is 0.444 e. The lowest BCUT2D eigenvalue weighted by molar-refractivity contribution is -0.115. The molecule has 2 atom stereocenters. The number of carbonyl (C=O) groups excluding carboxylic acids is 3. The van der Waals surface area contributed by atoms with E-state index in [1.807, 2.05) is 57.2 Å². The number of nitrogens with two attached hydrogens (primary N) is 1. The van der Waals surface area contributed by atoms with E-state index in [0.717, 1.165) is 85.4 Å². The Labute approximate surface area is 331 Å². The first-order valence-electron chi connectivity index (χ1n) is 17.6. The summed E-state index contributed by atoms with van der Waals surface area (Å²) in [6.07, 6.45) is 4.80. The third kappa shape index (κ3) is 8.84. The molecule has 5 N–H and O–H groups in total. The number of benzene rings is 2. The number of thiophene rings is 2. The van der Waals surface area contributed by atoms with Gasteiger partial charge in [-0.2, -0.15) is 0 Å². The van der Waals surface area contributed by atoms with Crippen molar-refractivity contribution in [3.8, 4) is 21.1 Å². The fraction of sp³-hybridized carbons (Fsp3) is 0.375. The van der Waals surface area contributed by atoms with Crippen molar-refractivity contribution in [3.63, 3.8) is 0 Å². The van der Waals surface area contributed by atoms with Gasteiger partial charge in [-0.15, -0.1) is 45.3 Å². The molecule has 8 rings (SSSR count). The van der Waals surface area contributed by atoms with Crippen molar-refractivity contribution in [2.75, 3.05) is 10.6 Å². The molecule has 0 saturated carbocycles. The molecule has 2 unspecified atom stereocenters. The fourth-order valence-electron chi connectivity index (χ4n) is 6.70. The molecule has 0 saturated heterocycles. The Morgan fingerprint density at radius 3 is 1.70 bits per heavy atom. The molecule has 10 nitrogen and oxygen atoms in total. The average molecular weight is 803 g/mol. The van der Waals surface area contributed by atoms with Gasteiger partial charge in [0.25, 0.3) is 0 Å². The van der Waals surface area contributed by atoms with E-state index >= 15 is 0 Å². The number of anilines is 2. The van der Waals surface area contributed by atoms with E-state index in [2.05, 4.69) is 28.1 Å². The number of amides is 3. The van der Waals surface area contributed by atoms with Gasteiger partial charge >= 0.3 is 6.09 Å². The van der Waals surface area contributed by atoms with Crippen LogP contribution in [-0.2, 0) is 40.0 Å². The minimum absolute atomic E-state index is 0. The predicted octanol–water partition coefficient (Wildman–Crippen LogP) is 9.80. The Morgan fingerprint density at radius 2 is 1.22 bits per heavy atom. The molecule has 0 radical (unpaired) electrons. The predicted molar refractivity (Wildman–Crippen MR) is 226 cm³/mol. The number of para-hydroxylation sites is 2. The number of nitrogens with one attached hydrogen (secondary N) is 3. The van der Waals surface area contributed by atoms with Crippen molar-refractivity contribution in [2.24, 2.45) is 5.73 Å². The number of rotatable bonds is 5. The SMILES string of the molecule is C.CC(=O)Nc1sc2c(c1-c1nc3ccccc3s1)CCC(N)C2.CC(=O)Nc1sc2c(c1-c1nc3ccccc3s1)CCC(NC(=O)OC(C)(C)C)C2. The molecule has 0 fully saturated rings. The summed E-state index contributed by atoms with van der Waals surface area (Å²) in [6.45, 7) is 8.64. The topological polar surface area (TPSA) is 148 Å². The monoisotopic (exact) mass is 802 g/mol. The number of ether oxygens (including phenoxy) is 1. The third-order valence-corrected chi connectivity index (χ3v) is 13.3. The molecule has 54 heavy (non-hydrogen) atoms. The zero-order chi connectivity index (χ0) is 37.4. The lowest BCUT2D eigenvalue weighted by Gasteiger charge is -2.26. The molecule has 0 aliphatic heterocycles. The van der Waals surface area contributed by atoms with E-state index < -0.39 is 5.60 Å². The number of alkyl carbamates (subject to hydrolysis) is 1. The quantitative estimate of drug-likeness (QED) is 0.136. The van der Waals surface area contributed by atoms with Gasteiger partial charge in [-0.25, -0.2) is 14.8 Å². The normalized spacial score (nSPS) is 16.3. The van der Waals surface area contributed by atoms with E-state index in [1.165, 1.54) is 32.5 Å². The van der Waals surface area contributed by atoms with Crippen LogP contribution in [0, 0.1) is 0 Å². The second-order valence-corrected chi connectivity index (χ2v) is 18.6. The van der Waals surface area contributed by atoms with Crippen molar-refractivity contribution < 1.29 is 19.1 Å². The third-order valence-electron chi connectivity index (χ3n) is 8.88. The summed E-state index contributed by atoms with van der Waals surface area (Å²) in [7, 11) is 0. The summed E-state index contributed by atoms with van der Waals surface area (Å²) in [5.41, 5.74) is 12.2. The molecule has 4 heterocycles. The first-order chi connectivity index (χ1) is 25.3. The number of carbonyl (C=O) groups is 3. The van der Waals surface area contributed by atoms with Gasteiger partial charge in [0, 0.05) is 53.2 Å². The lowest BCUT2D eigenvalue weighted by Crippen LogP contribution is -2.41. The van der Waals surface area contributed by atoms with Crippen molar-refractivity contribution in [1.82, 2.24) is 15.3 Å². The maximum atomic E-state index is 12.2. The van der Waals surface area contributed by atoms with Crippen LogP contribution in [0.25, 0.3) is 41.6 Å². The maximum Gasteiger partial charge on any atom is 0.407 e. The number of thiazole rings is 2. The summed E-state index contributed by atoms with van der Waals surface area (Å²) >= 11 is 6.56. The minimum atomic E-state index is -0.522. The average Bonchev–Trinajstić information content (AvgIpc) is 3.84. The molecule has 2 aliphatic carbocycles. The zero-order valence-electron chi connectivity index (χ0n) is 30.3.